The van der Waals surface area contributed by atoms with Gasteiger partial charge in [-0.2, -0.15) is 0 Å². The molecule has 2 heterocycles. The molecule has 0 radical (unpaired) electrons. The second kappa shape index (κ2) is 9.37. The van der Waals surface area contributed by atoms with E-state index in [2.05, 4.69) is 15.5 Å². The van der Waals surface area contributed by atoms with Crippen molar-refractivity contribution in [3.63, 3.8) is 0 Å². The average Bonchev–Trinajstić information content (AvgIpc) is 3.37. The maximum absolute atomic E-state index is 13.1. The van der Waals surface area contributed by atoms with Gasteiger partial charge >= 0.3 is 0 Å². The lowest BCUT2D eigenvalue weighted by Crippen LogP contribution is -2.27. The van der Waals surface area contributed by atoms with Crippen LogP contribution in [0.25, 0.3) is 11.4 Å². The highest BCUT2D eigenvalue weighted by atomic mass is 32.2. The molecule has 0 fully saturated rings. The number of amides is 1. The minimum atomic E-state index is -0.535. The summed E-state index contributed by atoms with van der Waals surface area (Å²) in [5.41, 5.74) is 2.12. The topological polar surface area (TPSA) is 96.0 Å². The van der Waals surface area contributed by atoms with Gasteiger partial charge < -0.3 is 10.1 Å². The number of carbonyl (C=O) groups excluding carboxylic acids is 1. The summed E-state index contributed by atoms with van der Waals surface area (Å²) in [4.78, 5) is 26.1. The zero-order valence-electron chi connectivity index (χ0n) is 18.7. The van der Waals surface area contributed by atoms with Crippen LogP contribution in [-0.4, -0.2) is 42.4 Å². The fourth-order valence-electron chi connectivity index (χ4n) is 3.45. The third kappa shape index (κ3) is 4.29. The molecule has 170 valence electrons. The number of carbonyl (C=O) groups is 1. The minimum Gasteiger partial charge on any atom is -0.495 e. The van der Waals surface area contributed by atoms with E-state index < -0.39 is 5.25 Å². The van der Waals surface area contributed by atoms with Crippen LogP contribution in [0.2, 0.25) is 0 Å². The Bertz CT molecular complexity index is 1340. The molecule has 0 aliphatic carbocycles. The smallest absolute Gasteiger partial charge is 0.295 e. The van der Waals surface area contributed by atoms with Gasteiger partial charge in [0.15, 0.2) is 5.16 Å². The van der Waals surface area contributed by atoms with E-state index in [1.165, 1.54) is 16.4 Å². The lowest BCUT2D eigenvalue weighted by molar-refractivity contribution is -0.115. The molecular weight excluding hydrogens is 440 g/mol. The van der Waals surface area contributed by atoms with Crippen LogP contribution in [0.1, 0.15) is 12.6 Å². The average molecular weight is 465 g/mol. The fourth-order valence-corrected chi connectivity index (χ4v) is 4.28. The summed E-state index contributed by atoms with van der Waals surface area (Å²) in [6.07, 6.45) is 1.57. The van der Waals surface area contributed by atoms with Gasteiger partial charge in [0.25, 0.3) is 5.56 Å². The van der Waals surface area contributed by atoms with Crippen LogP contribution in [0.15, 0.2) is 70.9 Å². The number of thioether (sulfide) groups is 1. The number of hydrogen-bond donors (Lipinski definition) is 1. The highest BCUT2D eigenvalue weighted by molar-refractivity contribution is 8.00. The number of nitrogens with one attached hydrogen (secondary N) is 1. The van der Waals surface area contributed by atoms with Gasteiger partial charge in [-0.25, -0.2) is 4.68 Å². The molecule has 2 aromatic carbocycles. The van der Waals surface area contributed by atoms with Crippen LogP contribution < -0.4 is 15.6 Å². The van der Waals surface area contributed by atoms with Crippen LogP contribution in [0, 0.1) is 6.92 Å². The Kier molecular flexibility index (Phi) is 6.36. The third-order valence-corrected chi connectivity index (χ3v) is 6.37. The van der Waals surface area contributed by atoms with Gasteiger partial charge in [0, 0.05) is 7.05 Å². The monoisotopic (exact) mass is 464 g/mol. The Morgan fingerprint density at radius 3 is 2.55 bits per heavy atom. The van der Waals surface area contributed by atoms with E-state index in [0.29, 0.717) is 16.6 Å². The molecule has 9 nitrogen and oxygen atoms in total. The first-order valence-electron chi connectivity index (χ1n) is 10.3. The second-order valence-corrected chi connectivity index (χ2v) is 8.65. The summed E-state index contributed by atoms with van der Waals surface area (Å²) in [5.74, 6) is 0.359. The molecule has 0 spiro atoms. The second-order valence-electron chi connectivity index (χ2n) is 7.34. The Morgan fingerprint density at radius 2 is 1.82 bits per heavy atom. The lowest BCUT2D eigenvalue weighted by Gasteiger charge is -2.13. The number of benzene rings is 2. The number of ether oxygens (including phenoxy) is 1. The summed E-state index contributed by atoms with van der Waals surface area (Å²) in [6, 6.07) is 16.8. The molecule has 0 saturated carbocycles. The predicted molar refractivity (Wildman–Crippen MR) is 128 cm³/mol. The van der Waals surface area contributed by atoms with E-state index in [0.717, 1.165) is 11.4 Å². The number of nitrogens with zero attached hydrogens (tertiary/aromatic N) is 5. The first-order valence-corrected chi connectivity index (χ1v) is 11.1. The van der Waals surface area contributed by atoms with Crippen molar-refractivity contribution in [3.8, 4) is 17.1 Å². The summed E-state index contributed by atoms with van der Waals surface area (Å²) < 4.78 is 10.4. The fraction of sp³-hybridized carbons (Fsp3) is 0.217. The van der Waals surface area contributed by atoms with E-state index in [1.807, 2.05) is 54.6 Å². The molecule has 4 rings (SSSR count). The van der Waals surface area contributed by atoms with Crippen molar-refractivity contribution in [2.45, 2.75) is 24.3 Å². The van der Waals surface area contributed by atoms with E-state index in [4.69, 9.17) is 4.74 Å². The van der Waals surface area contributed by atoms with Crippen LogP contribution in [0.5, 0.6) is 5.75 Å². The molecule has 1 N–H and O–H groups in total. The normalized spacial score (nSPS) is 11.9. The van der Waals surface area contributed by atoms with Crippen molar-refractivity contribution in [3.05, 3.63) is 77.0 Å². The van der Waals surface area contributed by atoms with E-state index in [-0.39, 0.29) is 17.2 Å². The van der Waals surface area contributed by atoms with E-state index in [1.54, 1.807) is 43.6 Å². The number of hydrogen-bond acceptors (Lipinski definition) is 6. The van der Waals surface area contributed by atoms with Crippen LogP contribution in [0.3, 0.4) is 0 Å². The van der Waals surface area contributed by atoms with Crippen molar-refractivity contribution < 1.29 is 9.53 Å². The van der Waals surface area contributed by atoms with Gasteiger partial charge in [-0.15, -0.1) is 10.2 Å². The standard InChI is InChI=1S/C23H24N6O3S/c1-15-20(22(31)29(27(15)3)17-10-6-5-7-11-17)25-21(30)16(2)33-23-26-24-14-28(23)18-12-8-9-13-19(18)32-4/h5-14,16H,1-4H3,(H,25,30)/t16-/m0/s1. The SMILES string of the molecule is COc1ccccc1-n1cnnc1S[C@@H](C)C(=O)Nc1c(C)n(C)n(-c2ccccc2)c1=O. The first kappa shape index (κ1) is 22.4. The number of aromatic nitrogens is 5. The Hall–Kier alpha value is -3.79. The van der Waals surface area contributed by atoms with Gasteiger partial charge in [0.05, 0.1) is 29.4 Å². The Balaban J connectivity index is 1.56. The number of para-hydroxylation sites is 3. The number of rotatable bonds is 7. The zero-order chi connectivity index (χ0) is 23.5. The van der Waals surface area contributed by atoms with Crippen molar-refractivity contribution in [2.75, 3.05) is 12.4 Å². The molecule has 4 aromatic rings. The van der Waals surface area contributed by atoms with Crippen molar-refractivity contribution in [2.24, 2.45) is 7.05 Å². The quantitative estimate of drug-likeness (QED) is 0.422. The lowest BCUT2D eigenvalue weighted by atomic mass is 10.3. The van der Waals surface area contributed by atoms with Crippen LogP contribution in [-0.2, 0) is 11.8 Å². The van der Waals surface area contributed by atoms with Crippen LogP contribution >= 0.6 is 11.8 Å². The Morgan fingerprint density at radius 1 is 1.12 bits per heavy atom. The van der Waals surface area contributed by atoms with Crippen molar-refractivity contribution in [1.29, 1.82) is 0 Å². The molecule has 0 bridgehead atoms. The summed E-state index contributed by atoms with van der Waals surface area (Å²) >= 11 is 1.24. The molecule has 0 aliphatic rings. The predicted octanol–water partition coefficient (Wildman–Crippen LogP) is 3.19. The van der Waals surface area contributed by atoms with Crippen molar-refractivity contribution in [1.82, 2.24) is 24.1 Å². The number of anilines is 1. The Labute approximate surface area is 195 Å². The minimum absolute atomic E-state index is 0.255. The largest absolute Gasteiger partial charge is 0.495 e. The summed E-state index contributed by atoms with van der Waals surface area (Å²) in [5, 5.41) is 11.0. The summed E-state index contributed by atoms with van der Waals surface area (Å²) in [7, 11) is 3.38. The van der Waals surface area contributed by atoms with E-state index >= 15 is 0 Å². The molecule has 2 aromatic heterocycles. The molecule has 1 atom stereocenters. The molecular formula is C23H24N6O3S. The van der Waals surface area contributed by atoms with Gasteiger partial charge in [-0.3, -0.25) is 18.8 Å². The molecule has 1 amide bonds. The van der Waals surface area contributed by atoms with Gasteiger partial charge in [-0.05, 0) is 38.1 Å². The first-order chi connectivity index (χ1) is 15.9. The highest BCUT2D eigenvalue weighted by Crippen LogP contribution is 2.29. The molecule has 0 aliphatic heterocycles. The van der Waals surface area contributed by atoms with E-state index in [9.17, 15) is 9.59 Å². The maximum Gasteiger partial charge on any atom is 0.295 e. The highest BCUT2D eigenvalue weighted by Gasteiger charge is 2.23. The summed E-state index contributed by atoms with van der Waals surface area (Å²) in [6.45, 7) is 3.56. The molecule has 0 unspecified atom stereocenters. The molecule has 0 saturated heterocycles. The molecule has 33 heavy (non-hydrogen) atoms. The van der Waals surface area contributed by atoms with Gasteiger partial charge in [0.2, 0.25) is 5.91 Å². The van der Waals surface area contributed by atoms with Crippen LogP contribution in [0.4, 0.5) is 5.69 Å². The van der Waals surface area contributed by atoms with Gasteiger partial charge in [0.1, 0.15) is 17.8 Å². The van der Waals surface area contributed by atoms with Gasteiger partial charge in [-0.1, -0.05) is 42.1 Å². The third-order valence-electron chi connectivity index (χ3n) is 5.32. The molecule has 10 heteroatoms. The zero-order valence-corrected chi connectivity index (χ0v) is 19.5. The number of methoxy groups -OCH3 is 1. The maximum atomic E-state index is 13.1. The van der Waals surface area contributed by atoms with Crippen molar-refractivity contribution >= 4 is 23.4 Å².